The average molecular weight is 247 g/mol. The molecular weight excluding hydrogens is 234 g/mol. The van der Waals surface area contributed by atoms with E-state index in [1.165, 1.54) is 13.0 Å². The van der Waals surface area contributed by atoms with E-state index in [2.05, 4.69) is 10.2 Å². The van der Waals surface area contributed by atoms with Gasteiger partial charge in [-0.3, -0.25) is 15.2 Å². The van der Waals surface area contributed by atoms with Crippen molar-refractivity contribution in [1.29, 1.82) is 0 Å². The van der Waals surface area contributed by atoms with E-state index in [9.17, 15) is 10.1 Å². The molecule has 94 valence electrons. The van der Waals surface area contributed by atoms with Crippen LogP contribution in [0.5, 0.6) is 5.75 Å². The number of fused-ring (bicyclic) bond motifs is 1. The summed E-state index contributed by atoms with van der Waals surface area (Å²) in [6.07, 6.45) is 1.47. The first-order chi connectivity index (χ1) is 8.54. The monoisotopic (exact) mass is 247 g/mol. The Labute approximate surface area is 103 Å². The summed E-state index contributed by atoms with van der Waals surface area (Å²) in [6.45, 7) is 3.34. The van der Waals surface area contributed by atoms with Gasteiger partial charge in [-0.05, 0) is 19.1 Å². The zero-order valence-electron chi connectivity index (χ0n) is 10.4. The number of hydrogen-bond donors (Lipinski definition) is 1. The maximum Gasteiger partial charge on any atom is 0.245 e. The summed E-state index contributed by atoms with van der Waals surface area (Å²) in [5, 5.41) is 18.4. The lowest BCUT2D eigenvalue weighted by Crippen LogP contribution is -1.93. The van der Waals surface area contributed by atoms with Gasteiger partial charge in [0.05, 0.1) is 23.2 Å². The van der Waals surface area contributed by atoms with E-state index in [-0.39, 0.29) is 5.70 Å². The Bertz CT molecular complexity index is 643. The molecule has 1 aromatic carbocycles. The number of hydrogen-bond acceptors (Lipinski definition) is 4. The summed E-state index contributed by atoms with van der Waals surface area (Å²) in [5.74, 6) is 0.734. The van der Waals surface area contributed by atoms with Crippen LogP contribution in [0.2, 0.25) is 0 Å². The summed E-state index contributed by atoms with van der Waals surface area (Å²) < 4.78 is 5.23. The van der Waals surface area contributed by atoms with Crippen molar-refractivity contribution in [3.8, 4) is 5.75 Å². The molecule has 1 aromatic heterocycles. The smallest absolute Gasteiger partial charge is 0.245 e. The van der Waals surface area contributed by atoms with Gasteiger partial charge in [-0.2, -0.15) is 5.10 Å². The highest BCUT2D eigenvalue weighted by molar-refractivity contribution is 5.91. The second-order valence-corrected chi connectivity index (χ2v) is 3.97. The van der Waals surface area contributed by atoms with Crippen LogP contribution in [0, 0.1) is 17.0 Å². The summed E-state index contributed by atoms with van der Waals surface area (Å²) in [7, 11) is 1.59. The van der Waals surface area contributed by atoms with Crippen LogP contribution in [0.1, 0.15) is 18.2 Å². The van der Waals surface area contributed by atoms with Gasteiger partial charge in [0, 0.05) is 23.9 Å². The van der Waals surface area contributed by atoms with Crippen molar-refractivity contribution in [2.75, 3.05) is 7.11 Å². The Morgan fingerprint density at radius 2 is 2.28 bits per heavy atom. The Hall–Kier alpha value is -2.37. The predicted octanol–water partition coefficient (Wildman–Crippen LogP) is 2.52. The zero-order chi connectivity index (χ0) is 13.3. The number of benzene rings is 1. The summed E-state index contributed by atoms with van der Waals surface area (Å²) in [4.78, 5) is 10.2. The molecule has 6 heteroatoms. The number of ether oxygens (including phenoxy) is 1. The minimum atomic E-state index is -0.428. The molecule has 2 rings (SSSR count). The predicted molar refractivity (Wildman–Crippen MR) is 68.0 cm³/mol. The van der Waals surface area contributed by atoms with Crippen molar-refractivity contribution in [1.82, 2.24) is 10.2 Å². The molecule has 1 N–H and O–H groups in total. The lowest BCUT2D eigenvalue weighted by atomic mass is 10.1. The minimum absolute atomic E-state index is 0.0581. The number of nitrogens with one attached hydrogen (secondary N) is 1. The Kier molecular flexibility index (Phi) is 3.01. The highest BCUT2D eigenvalue weighted by Gasteiger charge is 2.12. The number of aromatic amines is 1. The molecule has 0 aliphatic rings. The molecule has 0 atom stereocenters. The number of nitrogens with zero attached hydrogens (tertiary/aromatic N) is 2. The lowest BCUT2D eigenvalue weighted by Gasteiger charge is -2.04. The second kappa shape index (κ2) is 4.48. The molecule has 0 spiro atoms. The van der Waals surface area contributed by atoms with Crippen LogP contribution < -0.4 is 4.74 Å². The quantitative estimate of drug-likeness (QED) is 0.667. The first-order valence-electron chi connectivity index (χ1n) is 5.39. The number of aryl methyl sites for hydroxylation is 1. The SMILES string of the molecule is COc1ccc2n[nH]c(C=C(C)[N+](=O)[O-])c2c1C. The molecule has 0 bridgehead atoms. The van der Waals surface area contributed by atoms with Crippen molar-refractivity contribution in [3.05, 3.63) is 39.2 Å². The van der Waals surface area contributed by atoms with Gasteiger partial charge in [0.15, 0.2) is 0 Å². The van der Waals surface area contributed by atoms with E-state index in [1.54, 1.807) is 7.11 Å². The van der Waals surface area contributed by atoms with Gasteiger partial charge in [0.2, 0.25) is 5.70 Å². The van der Waals surface area contributed by atoms with E-state index in [4.69, 9.17) is 4.74 Å². The molecule has 0 radical (unpaired) electrons. The van der Waals surface area contributed by atoms with Crippen LogP contribution in [0.4, 0.5) is 0 Å². The van der Waals surface area contributed by atoms with Gasteiger partial charge in [0.1, 0.15) is 5.75 Å². The largest absolute Gasteiger partial charge is 0.496 e. The second-order valence-electron chi connectivity index (χ2n) is 3.97. The van der Waals surface area contributed by atoms with E-state index in [0.717, 1.165) is 22.2 Å². The van der Waals surface area contributed by atoms with Crippen LogP contribution in [0.25, 0.3) is 17.0 Å². The third-order valence-electron chi connectivity index (χ3n) is 2.82. The first-order valence-corrected chi connectivity index (χ1v) is 5.39. The van der Waals surface area contributed by atoms with Crippen LogP contribution in [-0.2, 0) is 0 Å². The highest BCUT2D eigenvalue weighted by Crippen LogP contribution is 2.29. The van der Waals surface area contributed by atoms with Crippen LogP contribution >= 0.6 is 0 Å². The molecule has 1 heterocycles. The number of aromatic nitrogens is 2. The number of H-pyrrole nitrogens is 1. The normalized spacial score (nSPS) is 11.8. The van der Waals surface area contributed by atoms with Crippen LogP contribution in [0.3, 0.4) is 0 Å². The summed E-state index contributed by atoms with van der Waals surface area (Å²) >= 11 is 0. The van der Waals surface area contributed by atoms with Crippen molar-refractivity contribution < 1.29 is 9.66 Å². The Morgan fingerprint density at radius 3 is 2.89 bits per heavy atom. The van der Waals surface area contributed by atoms with Gasteiger partial charge in [0.25, 0.3) is 0 Å². The molecule has 0 aliphatic carbocycles. The third-order valence-corrected chi connectivity index (χ3v) is 2.82. The van der Waals surface area contributed by atoms with E-state index in [0.29, 0.717) is 5.69 Å². The van der Waals surface area contributed by atoms with Crippen LogP contribution in [-0.4, -0.2) is 22.2 Å². The van der Waals surface area contributed by atoms with Crippen molar-refractivity contribution in [2.24, 2.45) is 0 Å². The molecule has 18 heavy (non-hydrogen) atoms. The Morgan fingerprint density at radius 1 is 1.56 bits per heavy atom. The average Bonchev–Trinajstić information content (AvgIpc) is 2.73. The van der Waals surface area contributed by atoms with Crippen LogP contribution in [0.15, 0.2) is 17.8 Å². The fourth-order valence-electron chi connectivity index (χ4n) is 1.87. The molecule has 0 saturated heterocycles. The van der Waals surface area contributed by atoms with Gasteiger partial charge in [-0.15, -0.1) is 0 Å². The Balaban J connectivity index is 2.66. The maximum absolute atomic E-state index is 10.6. The third kappa shape index (κ3) is 1.92. The highest BCUT2D eigenvalue weighted by atomic mass is 16.6. The van der Waals surface area contributed by atoms with Gasteiger partial charge in [-0.1, -0.05) is 0 Å². The van der Waals surface area contributed by atoms with Gasteiger partial charge >= 0.3 is 0 Å². The molecule has 6 nitrogen and oxygen atoms in total. The number of nitro groups is 1. The van der Waals surface area contributed by atoms with E-state index in [1.807, 2.05) is 19.1 Å². The number of allylic oxidation sites excluding steroid dienone is 1. The van der Waals surface area contributed by atoms with Gasteiger partial charge in [-0.25, -0.2) is 0 Å². The maximum atomic E-state index is 10.6. The topological polar surface area (TPSA) is 81.0 Å². The molecule has 0 fully saturated rings. The molecular formula is C12H13N3O3. The zero-order valence-corrected chi connectivity index (χ0v) is 10.4. The van der Waals surface area contributed by atoms with E-state index < -0.39 is 4.92 Å². The minimum Gasteiger partial charge on any atom is -0.496 e. The lowest BCUT2D eigenvalue weighted by molar-refractivity contribution is -0.422. The van der Waals surface area contributed by atoms with Crippen molar-refractivity contribution >= 4 is 17.0 Å². The van der Waals surface area contributed by atoms with Gasteiger partial charge < -0.3 is 4.74 Å². The first kappa shape index (κ1) is 12.1. The van der Waals surface area contributed by atoms with E-state index >= 15 is 0 Å². The molecule has 2 aromatic rings. The fourth-order valence-corrected chi connectivity index (χ4v) is 1.87. The molecule has 0 aliphatic heterocycles. The standard InChI is InChI=1S/C12H13N3O3/c1-7(15(16)17)6-10-12-8(2)11(18-3)5-4-9(12)13-14-10/h4-6H,1-3H3,(H,13,14). The molecule has 0 unspecified atom stereocenters. The number of methoxy groups -OCH3 is 1. The summed E-state index contributed by atoms with van der Waals surface area (Å²) in [5.41, 5.74) is 2.35. The number of rotatable bonds is 3. The van der Waals surface area contributed by atoms with Crippen molar-refractivity contribution in [2.45, 2.75) is 13.8 Å². The van der Waals surface area contributed by atoms with Crippen molar-refractivity contribution in [3.63, 3.8) is 0 Å². The molecule has 0 saturated carbocycles. The molecule has 0 amide bonds. The summed E-state index contributed by atoms with van der Waals surface area (Å²) in [6, 6.07) is 3.64. The fraction of sp³-hybridized carbons (Fsp3) is 0.250.